The van der Waals surface area contributed by atoms with Gasteiger partial charge in [0, 0.05) is 23.7 Å². The topological polar surface area (TPSA) is 24.9 Å². The second-order valence-corrected chi connectivity index (χ2v) is 6.39. The molecule has 2 aromatic rings. The summed E-state index contributed by atoms with van der Waals surface area (Å²) in [5.41, 5.74) is 2.68. The molecule has 1 unspecified atom stereocenters. The van der Waals surface area contributed by atoms with Gasteiger partial charge in [-0.05, 0) is 36.6 Å². The number of aromatic nitrogens is 1. The van der Waals surface area contributed by atoms with E-state index in [9.17, 15) is 0 Å². The first kappa shape index (κ1) is 12.8. The van der Waals surface area contributed by atoms with Crippen molar-refractivity contribution in [2.75, 3.05) is 11.9 Å². The minimum absolute atomic E-state index is 0.543. The van der Waals surface area contributed by atoms with Gasteiger partial charge in [0.1, 0.15) is 0 Å². The highest BCUT2D eigenvalue weighted by molar-refractivity contribution is 7.99. The molecule has 98 valence electrons. The summed E-state index contributed by atoms with van der Waals surface area (Å²) in [5.74, 6) is 0. The maximum absolute atomic E-state index is 5.86. The van der Waals surface area contributed by atoms with Crippen LogP contribution in [0.5, 0.6) is 0 Å². The zero-order valence-corrected chi connectivity index (χ0v) is 12.0. The Balaban J connectivity index is 1.67. The summed E-state index contributed by atoms with van der Waals surface area (Å²) in [7, 11) is 0. The Kier molecular flexibility index (Phi) is 3.95. The van der Waals surface area contributed by atoms with E-state index in [2.05, 4.69) is 34.6 Å². The Morgan fingerprint density at radius 1 is 1.21 bits per heavy atom. The van der Waals surface area contributed by atoms with E-state index in [4.69, 9.17) is 11.6 Å². The Labute approximate surface area is 122 Å². The fourth-order valence-corrected chi connectivity index (χ4v) is 3.37. The van der Waals surface area contributed by atoms with Crippen molar-refractivity contribution in [1.82, 2.24) is 4.98 Å². The van der Waals surface area contributed by atoms with Gasteiger partial charge in [0.25, 0.3) is 0 Å². The number of rotatable bonds is 2. The average Bonchev–Trinajstić information content (AvgIpc) is 2.64. The van der Waals surface area contributed by atoms with E-state index >= 15 is 0 Å². The molecule has 1 N–H and O–H groups in total. The number of anilines is 1. The summed E-state index contributed by atoms with van der Waals surface area (Å²) in [6.07, 6.45) is 4.00. The number of halogens is 1. The van der Waals surface area contributed by atoms with Crippen LogP contribution in [0.2, 0.25) is 5.02 Å². The number of para-hydroxylation sites is 1. The third kappa shape index (κ3) is 3.23. The van der Waals surface area contributed by atoms with Crippen LogP contribution in [0.1, 0.15) is 12.0 Å². The molecule has 0 saturated carbocycles. The summed E-state index contributed by atoms with van der Waals surface area (Å²) < 4.78 is 0. The summed E-state index contributed by atoms with van der Waals surface area (Å²) >= 11 is 7.68. The molecular weight excluding hydrogens is 276 g/mol. The van der Waals surface area contributed by atoms with Gasteiger partial charge in [-0.1, -0.05) is 29.8 Å². The van der Waals surface area contributed by atoms with Gasteiger partial charge in [-0.15, -0.1) is 11.8 Å². The van der Waals surface area contributed by atoms with Gasteiger partial charge in [-0.25, -0.2) is 4.98 Å². The van der Waals surface area contributed by atoms with Crippen LogP contribution in [0.3, 0.4) is 0 Å². The number of nitrogens with one attached hydrogen (secondary N) is 1. The van der Waals surface area contributed by atoms with Crippen molar-refractivity contribution in [1.29, 1.82) is 0 Å². The summed E-state index contributed by atoms with van der Waals surface area (Å²) in [5, 5.41) is 5.81. The first-order chi connectivity index (χ1) is 9.31. The zero-order chi connectivity index (χ0) is 13.1. The SMILES string of the molecule is Clc1ccc(SC2CCc3ccccc3NC2)nc1. The molecule has 0 radical (unpaired) electrons. The molecule has 3 rings (SSSR count). The summed E-state index contributed by atoms with van der Waals surface area (Å²) in [4.78, 5) is 4.36. The van der Waals surface area contributed by atoms with Crippen LogP contribution in [-0.4, -0.2) is 16.8 Å². The molecule has 0 aliphatic carbocycles. The van der Waals surface area contributed by atoms with Crippen molar-refractivity contribution in [3.8, 4) is 0 Å². The highest BCUT2D eigenvalue weighted by Gasteiger charge is 2.16. The van der Waals surface area contributed by atoms with E-state index in [1.54, 1.807) is 6.20 Å². The van der Waals surface area contributed by atoms with E-state index in [0.717, 1.165) is 18.0 Å². The molecule has 1 atom stereocenters. The number of aryl methyl sites for hydroxylation is 1. The third-order valence-corrected chi connectivity index (χ3v) is 4.70. The van der Waals surface area contributed by atoms with Crippen LogP contribution in [0.15, 0.2) is 47.6 Å². The van der Waals surface area contributed by atoms with Crippen molar-refractivity contribution in [3.05, 3.63) is 53.2 Å². The Hall–Kier alpha value is -1.19. The number of thioether (sulfide) groups is 1. The van der Waals surface area contributed by atoms with Crippen molar-refractivity contribution < 1.29 is 0 Å². The number of hydrogen-bond acceptors (Lipinski definition) is 3. The molecule has 2 nitrogen and oxygen atoms in total. The standard InChI is InChI=1S/C15H15ClN2S/c16-12-6-8-15(18-9-12)19-13-7-5-11-3-1-2-4-14(11)17-10-13/h1-4,6,8-9,13,17H,5,7,10H2. The molecule has 1 aromatic carbocycles. The lowest BCUT2D eigenvalue weighted by atomic mass is 10.1. The van der Waals surface area contributed by atoms with E-state index in [-0.39, 0.29) is 0 Å². The minimum atomic E-state index is 0.543. The fourth-order valence-electron chi connectivity index (χ4n) is 2.26. The molecule has 0 amide bonds. The Bertz CT molecular complexity index is 529. The monoisotopic (exact) mass is 290 g/mol. The summed E-state index contributed by atoms with van der Waals surface area (Å²) in [6.45, 7) is 0.978. The van der Waals surface area contributed by atoms with Crippen LogP contribution in [-0.2, 0) is 6.42 Å². The zero-order valence-electron chi connectivity index (χ0n) is 10.5. The lowest BCUT2D eigenvalue weighted by molar-refractivity contribution is 0.801. The van der Waals surface area contributed by atoms with E-state index in [0.29, 0.717) is 10.3 Å². The number of pyridine rings is 1. The Morgan fingerprint density at radius 2 is 2.11 bits per heavy atom. The summed E-state index contributed by atoms with van der Waals surface area (Å²) in [6, 6.07) is 12.4. The molecule has 1 aliphatic rings. The van der Waals surface area contributed by atoms with Gasteiger partial charge >= 0.3 is 0 Å². The number of fused-ring (bicyclic) bond motifs is 1. The number of nitrogens with zero attached hydrogens (tertiary/aromatic N) is 1. The predicted octanol–water partition coefficient (Wildman–Crippen LogP) is 4.25. The highest BCUT2D eigenvalue weighted by Crippen LogP contribution is 2.30. The van der Waals surface area contributed by atoms with Gasteiger partial charge < -0.3 is 5.32 Å². The van der Waals surface area contributed by atoms with E-state index < -0.39 is 0 Å². The molecule has 19 heavy (non-hydrogen) atoms. The highest BCUT2D eigenvalue weighted by atomic mass is 35.5. The molecule has 1 aromatic heterocycles. The normalized spacial score (nSPS) is 18.3. The lowest BCUT2D eigenvalue weighted by Gasteiger charge is -2.13. The van der Waals surface area contributed by atoms with Crippen LogP contribution < -0.4 is 5.32 Å². The molecule has 1 aliphatic heterocycles. The van der Waals surface area contributed by atoms with Gasteiger partial charge in [-0.3, -0.25) is 0 Å². The Morgan fingerprint density at radius 3 is 2.95 bits per heavy atom. The van der Waals surface area contributed by atoms with E-state index in [1.807, 2.05) is 23.9 Å². The second-order valence-electron chi connectivity index (χ2n) is 4.63. The fraction of sp³-hybridized carbons (Fsp3) is 0.267. The quantitative estimate of drug-likeness (QED) is 0.895. The lowest BCUT2D eigenvalue weighted by Crippen LogP contribution is -2.14. The van der Waals surface area contributed by atoms with Crippen LogP contribution in [0.4, 0.5) is 5.69 Å². The van der Waals surface area contributed by atoms with Crippen LogP contribution >= 0.6 is 23.4 Å². The first-order valence-electron chi connectivity index (χ1n) is 6.41. The second kappa shape index (κ2) is 5.85. The predicted molar refractivity (Wildman–Crippen MR) is 82.1 cm³/mol. The molecular formula is C15H15ClN2S. The van der Waals surface area contributed by atoms with Crippen molar-refractivity contribution in [2.24, 2.45) is 0 Å². The van der Waals surface area contributed by atoms with Gasteiger partial charge in [-0.2, -0.15) is 0 Å². The molecule has 0 spiro atoms. The maximum atomic E-state index is 5.86. The third-order valence-electron chi connectivity index (χ3n) is 3.26. The van der Waals surface area contributed by atoms with Crippen molar-refractivity contribution in [2.45, 2.75) is 23.1 Å². The van der Waals surface area contributed by atoms with E-state index in [1.165, 1.54) is 17.7 Å². The number of benzene rings is 1. The average molecular weight is 291 g/mol. The van der Waals surface area contributed by atoms with Crippen LogP contribution in [0, 0.1) is 0 Å². The largest absolute Gasteiger partial charge is 0.384 e. The number of hydrogen-bond donors (Lipinski definition) is 1. The molecule has 4 heteroatoms. The molecule has 2 heterocycles. The first-order valence-corrected chi connectivity index (χ1v) is 7.67. The van der Waals surface area contributed by atoms with Gasteiger partial charge in [0.15, 0.2) is 0 Å². The maximum Gasteiger partial charge on any atom is 0.0964 e. The molecule has 0 bridgehead atoms. The van der Waals surface area contributed by atoms with Gasteiger partial charge in [0.05, 0.1) is 10.0 Å². The van der Waals surface area contributed by atoms with Crippen molar-refractivity contribution >= 4 is 29.1 Å². The molecule has 0 fully saturated rings. The minimum Gasteiger partial charge on any atom is -0.384 e. The van der Waals surface area contributed by atoms with Crippen LogP contribution in [0.25, 0.3) is 0 Å². The molecule has 0 saturated heterocycles. The van der Waals surface area contributed by atoms with Gasteiger partial charge in [0.2, 0.25) is 0 Å². The smallest absolute Gasteiger partial charge is 0.0964 e. The van der Waals surface area contributed by atoms with Crippen molar-refractivity contribution in [3.63, 3.8) is 0 Å².